The van der Waals surface area contributed by atoms with Crippen molar-refractivity contribution in [2.75, 3.05) is 5.32 Å². The second kappa shape index (κ2) is 7.06. The fourth-order valence-electron chi connectivity index (χ4n) is 1.55. The first-order chi connectivity index (χ1) is 8.58. The molecule has 0 radical (unpaired) electrons. The van der Waals surface area contributed by atoms with Gasteiger partial charge in [-0.2, -0.15) is 12.6 Å². The predicted octanol–water partition coefficient (Wildman–Crippen LogP) is 2.34. The molecule has 1 rings (SSSR count). The van der Waals surface area contributed by atoms with Gasteiger partial charge < -0.3 is 11.1 Å². The first-order valence-corrected chi connectivity index (χ1v) is 6.55. The zero-order valence-corrected chi connectivity index (χ0v) is 11.3. The molecule has 0 unspecified atom stereocenters. The lowest BCUT2D eigenvalue weighted by Crippen LogP contribution is -2.18. The van der Waals surface area contributed by atoms with Gasteiger partial charge in [0.15, 0.2) is 0 Å². The number of hydrogen-bond acceptors (Lipinski definition) is 3. The van der Waals surface area contributed by atoms with E-state index in [0.717, 1.165) is 18.4 Å². The van der Waals surface area contributed by atoms with Crippen molar-refractivity contribution in [3.05, 3.63) is 29.3 Å². The average molecular weight is 266 g/mol. The monoisotopic (exact) mass is 266 g/mol. The summed E-state index contributed by atoms with van der Waals surface area (Å²) in [6.45, 7) is 2.02. The number of rotatable bonds is 6. The van der Waals surface area contributed by atoms with Crippen molar-refractivity contribution in [2.45, 2.75) is 31.9 Å². The maximum atomic E-state index is 11.6. The normalized spacial score (nSPS) is 10.1. The van der Waals surface area contributed by atoms with Crippen molar-refractivity contribution in [2.24, 2.45) is 5.73 Å². The van der Waals surface area contributed by atoms with Crippen LogP contribution < -0.4 is 11.1 Å². The predicted molar refractivity (Wildman–Crippen MR) is 75.8 cm³/mol. The van der Waals surface area contributed by atoms with Crippen LogP contribution >= 0.6 is 12.6 Å². The third-order valence-electron chi connectivity index (χ3n) is 2.56. The van der Waals surface area contributed by atoms with Crippen LogP contribution in [0.25, 0.3) is 0 Å². The molecule has 3 N–H and O–H groups in total. The molecular weight excluding hydrogens is 248 g/mol. The molecule has 0 aliphatic rings. The van der Waals surface area contributed by atoms with E-state index in [1.165, 1.54) is 0 Å². The van der Waals surface area contributed by atoms with Crippen molar-refractivity contribution in [1.29, 1.82) is 0 Å². The summed E-state index contributed by atoms with van der Waals surface area (Å²) >= 11 is 4.14. The molecule has 1 aromatic rings. The number of primary amides is 1. The van der Waals surface area contributed by atoms with Crippen molar-refractivity contribution in [1.82, 2.24) is 0 Å². The average Bonchev–Trinajstić information content (AvgIpc) is 2.36. The quantitative estimate of drug-likeness (QED) is 0.691. The van der Waals surface area contributed by atoms with Gasteiger partial charge in [-0.1, -0.05) is 19.4 Å². The minimum absolute atomic E-state index is 0.0991. The fourth-order valence-corrected chi connectivity index (χ4v) is 1.75. The molecule has 0 saturated heterocycles. The summed E-state index contributed by atoms with van der Waals surface area (Å²) in [4.78, 5) is 23.0. The van der Waals surface area contributed by atoms with Gasteiger partial charge in [-0.3, -0.25) is 9.59 Å². The van der Waals surface area contributed by atoms with Crippen LogP contribution in [0.4, 0.5) is 5.69 Å². The standard InChI is InChI=1S/C13H18N2O2S/c1-2-3-4-12(16)15-11-6-5-9(8-18)7-10(11)13(14)17/h5-7,18H,2-4,8H2,1H3,(H2,14,17)(H,15,16). The van der Waals surface area contributed by atoms with Crippen molar-refractivity contribution in [3.8, 4) is 0 Å². The van der Waals surface area contributed by atoms with Gasteiger partial charge in [0.1, 0.15) is 0 Å². The van der Waals surface area contributed by atoms with E-state index in [9.17, 15) is 9.59 Å². The molecule has 0 saturated carbocycles. The van der Waals surface area contributed by atoms with E-state index >= 15 is 0 Å². The minimum Gasteiger partial charge on any atom is -0.366 e. The van der Waals surface area contributed by atoms with E-state index in [-0.39, 0.29) is 5.91 Å². The Morgan fingerprint density at radius 1 is 1.39 bits per heavy atom. The van der Waals surface area contributed by atoms with E-state index in [1.54, 1.807) is 12.1 Å². The van der Waals surface area contributed by atoms with Gasteiger partial charge in [-0.25, -0.2) is 0 Å². The second-order valence-corrected chi connectivity index (χ2v) is 4.37. The molecular formula is C13H18N2O2S. The Morgan fingerprint density at radius 3 is 2.67 bits per heavy atom. The van der Waals surface area contributed by atoms with Gasteiger partial charge >= 0.3 is 0 Å². The number of benzene rings is 1. The zero-order valence-electron chi connectivity index (χ0n) is 10.4. The van der Waals surface area contributed by atoms with E-state index in [2.05, 4.69) is 17.9 Å². The maximum absolute atomic E-state index is 11.6. The second-order valence-electron chi connectivity index (χ2n) is 4.05. The number of carbonyl (C=O) groups is 2. The molecule has 4 nitrogen and oxygen atoms in total. The van der Waals surface area contributed by atoms with Crippen LogP contribution in [0.5, 0.6) is 0 Å². The Hall–Kier alpha value is -1.49. The van der Waals surface area contributed by atoms with E-state index in [4.69, 9.17) is 5.73 Å². The molecule has 18 heavy (non-hydrogen) atoms. The number of nitrogens with one attached hydrogen (secondary N) is 1. The van der Waals surface area contributed by atoms with Gasteiger partial charge in [0.25, 0.3) is 5.91 Å². The molecule has 0 aliphatic heterocycles. The van der Waals surface area contributed by atoms with Crippen LogP contribution in [0.2, 0.25) is 0 Å². The Balaban J connectivity index is 2.87. The highest BCUT2D eigenvalue weighted by Gasteiger charge is 2.11. The number of carbonyl (C=O) groups excluding carboxylic acids is 2. The lowest BCUT2D eigenvalue weighted by Gasteiger charge is -2.10. The molecule has 5 heteroatoms. The van der Waals surface area contributed by atoms with Crippen molar-refractivity contribution >= 4 is 30.1 Å². The first kappa shape index (κ1) is 14.6. The largest absolute Gasteiger partial charge is 0.366 e. The Morgan fingerprint density at radius 2 is 2.11 bits per heavy atom. The molecule has 0 aliphatic carbocycles. The summed E-state index contributed by atoms with van der Waals surface area (Å²) in [5.74, 6) is -0.132. The molecule has 0 heterocycles. The Labute approximate surface area is 112 Å². The highest BCUT2D eigenvalue weighted by Crippen LogP contribution is 2.18. The molecule has 98 valence electrons. The molecule has 0 fully saturated rings. The van der Waals surface area contributed by atoms with E-state index in [0.29, 0.717) is 23.4 Å². The number of nitrogens with two attached hydrogens (primary N) is 1. The van der Waals surface area contributed by atoms with Crippen LogP contribution in [-0.4, -0.2) is 11.8 Å². The summed E-state index contributed by atoms with van der Waals surface area (Å²) in [5, 5.41) is 2.71. The third-order valence-corrected chi connectivity index (χ3v) is 2.93. The Bertz CT molecular complexity index is 447. The number of unbranched alkanes of at least 4 members (excludes halogenated alkanes) is 1. The SMILES string of the molecule is CCCCC(=O)Nc1ccc(CS)cc1C(N)=O. The minimum atomic E-state index is -0.551. The van der Waals surface area contributed by atoms with Gasteiger partial charge in [0, 0.05) is 12.2 Å². The number of anilines is 1. The highest BCUT2D eigenvalue weighted by atomic mass is 32.1. The summed E-state index contributed by atoms with van der Waals surface area (Å²) in [7, 11) is 0. The van der Waals surface area contributed by atoms with Crippen LogP contribution in [0.1, 0.15) is 42.1 Å². The summed E-state index contributed by atoms with van der Waals surface area (Å²) in [6.07, 6.45) is 2.23. The van der Waals surface area contributed by atoms with Crippen LogP contribution in [0, 0.1) is 0 Å². The number of hydrogen-bond donors (Lipinski definition) is 3. The third kappa shape index (κ3) is 4.07. The molecule has 0 spiro atoms. The zero-order chi connectivity index (χ0) is 13.5. The maximum Gasteiger partial charge on any atom is 0.250 e. The fraction of sp³-hybridized carbons (Fsp3) is 0.385. The number of amides is 2. The topological polar surface area (TPSA) is 72.2 Å². The molecule has 0 bridgehead atoms. The molecule has 0 atom stereocenters. The lowest BCUT2D eigenvalue weighted by atomic mass is 10.1. The number of thiol groups is 1. The summed E-state index contributed by atoms with van der Waals surface area (Å²) in [6, 6.07) is 5.16. The van der Waals surface area contributed by atoms with Crippen molar-refractivity contribution < 1.29 is 9.59 Å². The Kier molecular flexibility index (Phi) is 5.71. The molecule has 0 aromatic heterocycles. The van der Waals surface area contributed by atoms with Crippen LogP contribution in [-0.2, 0) is 10.5 Å². The van der Waals surface area contributed by atoms with Gasteiger partial charge in [-0.15, -0.1) is 0 Å². The van der Waals surface area contributed by atoms with E-state index < -0.39 is 5.91 Å². The lowest BCUT2D eigenvalue weighted by molar-refractivity contribution is -0.116. The summed E-state index contributed by atoms with van der Waals surface area (Å²) < 4.78 is 0. The smallest absolute Gasteiger partial charge is 0.250 e. The molecule has 1 aromatic carbocycles. The summed E-state index contributed by atoms with van der Waals surface area (Å²) in [5.41, 5.74) is 6.98. The van der Waals surface area contributed by atoms with Gasteiger partial charge in [0.05, 0.1) is 11.3 Å². The molecule has 2 amide bonds. The van der Waals surface area contributed by atoms with E-state index in [1.807, 2.05) is 13.0 Å². The van der Waals surface area contributed by atoms with Crippen molar-refractivity contribution in [3.63, 3.8) is 0 Å². The first-order valence-electron chi connectivity index (χ1n) is 5.92. The highest BCUT2D eigenvalue weighted by molar-refractivity contribution is 7.79. The van der Waals surface area contributed by atoms with Gasteiger partial charge in [-0.05, 0) is 24.1 Å². The van der Waals surface area contributed by atoms with Gasteiger partial charge in [0.2, 0.25) is 5.91 Å². The van der Waals surface area contributed by atoms with Crippen LogP contribution in [0.15, 0.2) is 18.2 Å². The van der Waals surface area contributed by atoms with Crippen LogP contribution in [0.3, 0.4) is 0 Å².